The monoisotopic (exact) mass is 206 g/mol. The van der Waals surface area contributed by atoms with E-state index in [2.05, 4.69) is 35.9 Å². The van der Waals surface area contributed by atoms with Gasteiger partial charge in [0.15, 0.2) is 5.82 Å². The highest BCUT2D eigenvalue weighted by Crippen LogP contribution is 2.11. The zero-order valence-electron chi connectivity index (χ0n) is 8.05. The zero-order chi connectivity index (χ0) is 10.7. The molecule has 4 N–H and O–H groups in total. The van der Waals surface area contributed by atoms with E-state index in [9.17, 15) is 0 Å². The summed E-state index contributed by atoms with van der Waals surface area (Å²) in [5, 5.41) is 16.5. The maximum Gasteiger partial charge on any atom is 0.225 e. The van der Waals surface area contributed by atoms with Gasteiger partial charge in [-0.15, -0.1) is 10.2 Å². The lowest BCUT2D eigenvalue weighted by molar-refractivity contribution is 0.781. The summed E-state index contributed by atoms with van der Waals surface area (Å²) >= 11 is 0. The molecule has 0 saturated heterocycles. The van der Waals surface area contributed by atoms with Gasteiger partial charge in [0.05, 0.1) is 6.04 Å². The number of hydrogen-bond acceptors (Lipinski definition) is 7. The van der Waals surface area contributed by atoms with Crippen molar-refractivity contribution in [2.75, 3.05) is 11.1 Å². The van der Waals surface area contributed by atoms with Crippen molar-refractivity contribution in [3.05, 3.63) is 18.1 Å². The number of hydrogen-bond donors (Lipinski definition) is 3. The van der Waals surface area contributed by atoms with E-state index in [4.69, 9.17) is 5.73 Å². The molecule has 15 heavy (non-hydrogen) atoms. The highest BCUT2D eigenvalue weighted by molar-refractivity contribution is 5.35. The standard InChI is InChI=1S/C7H10N8/c1-4(6-12-14-15-13-6)10-7-9-3-2-5(8)11-7/h2-4H,1H3,(H3,8,9,10,11)(H,12,13,14,15). The third-order valence-electron chi connectivity index (χ3n) is 1.77. The van der Waals surface area contributed by atoms with Crippen LogP contribution in [0, 0.1) is 0 Å². The van der Waals surface area contributed by atoms with Crippen LogP contribution in [0.4, 0.5) is 11.8 Å². The fourth-order valence-electron chi connectivity index (χ4n) is 1.05. The van der Waals surface area contributed by atoms with Crippen molar-refractivity contribution in [1.29, 1.82) is 0 Å². The average molecular weight is 206 g/mol. The van der Waals surface area contributed by atoms with Gasteiger partial charge in [0.1, 0.15) is 5.82 Å². The van der Waals surface area contributed by atoms with Gasteiger partial charge in [-0.25, -0.2) is 4.98 Å². The number of anilines is 2. The van der Waals surface area contributed by atoms with Crippen LogP contribution in [0.5, 0.6) is 0 Å². The zero-order valence-corrected chi connectivity index (χ0v) is 8.05. The van der Waals surface area contributed by atoms with Gasteiger partial charge in [0.25, 0.3) is 0 Å². The third kappa shape index (κ3) is 2.16. The van der Waals surface area contributed by atoms with E-state index >= 15 is 0 Å². The lowest BCUT2D eigenvalue weighted by atomic mass is 10.3. The van der Waals surface area contributed by atoms with Crippen LogP contribution in [0.1, 0.15) is 18.8 Å². The predicted octanol–water partition coefficient (Wildman–Crippen LogP) is -0.255. The summed E-state index contributed by atoms with van der Waals surface area (Å²) in [7, 11) is 0. The summed E-state index contributed by atoms with van der Waals surface area (Å²) in [4.78, 5) is 7.99. The van der Waals surface area contributed by atoms with E-state index in [0.29, 0.717) is 17.6 Å². The van der Waals surface area contributed by atoms with E-state index < -0.39 is 0 Å². The Balaban J connectivity index is 2.09. The van der Waals surface area contributed by atoms with Crippen LogP contribution < -0.4 is 11.1 Å². The molecule has 0 aliphatic carbocycles. The fraction of sp³-hybridized carbons (Fsp3) is 0.286. The second kappa shape index (κ2) is 3.86. The molecule has 1 atom stereocenters. The molecule has 0 amide bonds. The maximum absolute atomic E-state index is 5.51. The molecule has 0 bridgehead atoms. The number of tetrazole rings is 1. The molecule has 0 radical (unpaired) electrons. The molecule has 0 spiro atoms. The number of aromatic amines is 1. The summed E-state index contributed by atoms with van der Waals surface area (Å²) in [6.07, 6.45) is 1.58. The molecule has 1 unspecified atom stereocenters. The van der Waals surface area contributed by atoms with Crippen LogP contribution in [0.15, 0.2) is 12.3 Å². The Hall–Kier alpha value is -2.25. The van der Waals surface area contributed by atoms with Gasteiger partial charge in [-0.3, -0.25) is 0 Å². The molecule has 0 aromatic carbocycles. The number of H-pyrrole nitrogens is 1. The van der Waals surface area contributed by atoms with Gasteiger partial charge in [0.2, 0.25) is 5.95 Å². The van der Waals surface area contributed by atoms with Crippen LogP contribution in [0.25, 0.3) is 0 Å². The second-order valence-electron chi connectivity index (χ2n) is 2.94. The molecule has 0 aliphatic rings. The fourth-order valence-corrected chi connectivity index (χ4v) is 1.05. The number of nitrogens with two attached hydrogens (primary N) is 1. The first-order valence-corrected chi connectivity index (χ1v) is 4.34. The molecule has 2 aromatic rings. The molecule has 78 valence electrons. The van der Waals surface area contributed by atoms with Crippen LogP contribution in [-0.4, -0.2) is 30.6 Å². The Morgan fingerprint density at radius 3 is 3.07 bits per heavy atom. The van der Waals surface area contributed by atoms with E-state index in [1.54, 1.807) is 12.3 Å². The highest BCUT2D eigenvalue weighted by atomic mass is 15.5. The topological polar surface area (TPSA) is 118 Å². The Kier molecular flexibility index (Phi) is 2.40. The van der Waals surface area contributed by atoms with Crippen molar-refractivity contribution < 1.29 is 0 Å². The van der Waals surface area contributed by atoms with Crippen molar-refractivity contribution in [2.45, 2.75) is 13.0 Å². The molecule has 0 saturated carbocycles. The van der Waals surface area contributed by atoms with E-state index in [1.807, 2.05) is 6.92 Å². The van der Waals surface area contributed by atoms with E-state index in [-0.39, 0.29) is 6.04 Å². The quantitative estimate of drug-likeness (QED) is 0.633. The highest BCUT2D eigenvalue weighted by Gasteiger charge is 2.10. The smallest absolute Gasteiger partial charge is 0.225 e. The molecule has 8 heteroatoms. The van der Waals surface area contributed by atoms with Crippen LogP contribution >= 0.6 is 0 Å². The molecule has 2 aromatic heterocycles. The van der Waals surface area contributed by atoms with Gasteiger partial charge in [-0.05, 0) is 13.0 Å². The molecule has 8 nitrogen and oxygen atoms in total. The predicted molar refractivity (Wildman–Crippen MR) is 52.7 cm³/mol. The van der Waals surface area contributed by atoms with Gasteiger partial charge in [-0.1, -0.05) is 5.21 Å². The normalized spacial score (nSPS) is 12.3. The van der Waals surface area contributed by atoms with Crippen molar-refractivity contribution in [3.8, 4) is 0 Å². The third-order valence-corrected chi connectivity index (χ3v) is 1.77. The summed E-state index contributed by atoms with van der Waals surface area (Å²) in [5.74, 6) is 1.39. The van der Waals surface area contributed by atoms with Crippen molar-refractivity contribution in [1.82, 2.24) is 30.6 Å². The first kappa shape index (κ1) is 9.31. The molecule has 2 heterocycles. The SMILES string of the molecule is CC(Nc1nccc(N)n1)c1nn[nH]n1. The number of aromatic nitrogens is 6. The van der Waals surface area contributed by atoms with Crippen LogP contribution in [-0.2, 0) is 0 Å². The van der Waals surface area contributed by atoms with Crippen LogP contribution in [0.3, 0.4) is 0 Å². The minimum absolute atomic E-state index is 0.134. The number of nitrogen functional groups attached to an aromatic ring is 1. The van der Waals surface area contributed by atoms with Gasteiger partial charge in [-0.2, -0.15) is 10.2 Å². The molecule has 0 aliphatic heterocycles. The minimum Gasteiger partial charge on any atom is -0.384 e. The minimum atomic E-state index is -0.134. The van der Waals surface area contributed by atoms with E-state index in [1.165, 1.54) is 0 Å². The first-order valence-electron chi connectivity index (χ1n) is 4.34. The molecular formula is C7H10N8. The lowest BCUT2D eigenvalue weighted by Gasteiger charge is -2.09. The van der Waals surface area contributed by atoms with Gasteiger partial charge in [0, 0.05) is 6.20 Å². The van der Waals surface area contributed by atoms with Gasteiger partial charge >= 0.3 is 0 Å². The summed E-state index contributed by atoms with van der Waals surface area (Å²) in [6, 6.07) is 1.48. The van der Waals surface area contributed by atoms with Crippen molar-refractivity contribution >= 4 is 11.8 Å². The second-order valence-corrected chi connectivity index (χ2v) is 2.94. The summed E-state index contributed by atoms with van der Waals surface area (Å²) in [6.45, 7) is 1.87. The average Bonchev–Trinajstić information content (AvgIpc) is 2.70. The summed E-state index contributed by atoms with van der Waals surface area (Å²) in [5.41, 5.74) is 5.51. The Labute approximate surface area is 85.3 Å². The van der Waals surface area contributed by atoms with Crippen LogP contribution in [0.2, 0.25) is 0 Å². The largest absolute Gasteiger partial charge is 0.384 e. The van der Waals surface area contributed by atoms with Gasteiger partial charge < -0.3 is 11.1 Å². The lowest BCUT2D eigenvalue weighted by Crippen LogP contribution is -2.11. The Morgan fingerprint density at radius 1 is 1.53 bits per heavy atom. The molecular weight excluding hydrogens is 196 g/mol. The van der Waals surface area contributed by atoms with E-state index in [0.717, 1.165) is 0 Å². The number of rotatable bonds is 3. The Bertz CT molecular complexity index is 424. The number of nitrogens with one attached hydrogen (secondary N) is 2. The number of nitrogens with zero attached hydrogens (tertiary/aromatic N) is 5. The van der Waals surface area contributed by atoms with Crippen molar-refractivity contribution in [3.63, 3.8) is 0 Å². The molecule has 2 rings (SSSR count). The molecule has 0 fully saturated rings. The Morgan fingerprint density at radius 2 is 2.40 bits per heavy atom. The first-order chi connectivity index (χ1) is 7.25. The summed E-state index contributed by atoms with van der Waals surface area (Å²) < 4.78 is 0. The van der Waals surface area contributed by atoms with Crippen molar-refractivity contribution in [2.24, 2.45) is 0 Å². The maximum atomic E-state index is 5.51.